The Morgan fingerprint density at radius 3 is 2.62 bits per heavy atom. The van der Waals surface area contributed by atoms with Crippen molar-refractivity contribution in [2.24, 2.45) is 10.3 Å². The summed E-state index contributed by atoms with van der Waals surface area (Å²) in [5.74, 6) is 0. The van der Waals surface area contributed by atoms with Crippen molar-refractivity contribution in [1.82, 2.24) is 9.88 Å². The molecule has 6 heteroatoms. The van der Waals surface area contributed by atoms with Crippen LogP contribution < -0.4 is 5.01 Å². The number of para-hydroxylation sites is 1. The van der Waals surface area contributed by atoms with Gasteiger partial charge in [-0.3, -0.25) is 9.88 Å². The highest BCUT2D eigenvalue weighted by Crippen LogP contribution is 2.35. The Hall–Kier alpha value is -2.31. The summed E-state index contributed by atoms with van der Waals surface area (Å²) < 4.78 is 5.50. The van der Waals surface area contributed by atoms with Gasteiger partial charge in [-0.15, -0.1) is 0 Å². The molecule has 4 rings (SSSR count). The van der Waals surface area contributed by atoms with E-state index in [-0.39, 0.29) is 12.2 Å². The Labute approximate surface area is 141 Å². The first kappa shape index (κ1) is 15.2. The number of hydrogen-bond donors (Lipinski definition) is 0. The third-order valence-electron chi connectivity index (χ3n) is 4.52. The standard InChI is InChI=1S/C18H21N5O/c1-14-18(22-10-12-24-13-11-22)23(21-20-14)17-8-3-2-6-15(17)16-7-4-5-9-19-16/h2-9,14,18H,10-13H2,1H3/t14-,18+/m0/s1. The maximum atomic E-state index is 5.50. The summed E-state index contributed by atoms with van der Waals surface area (Å²) in [5, 5.41) is 11.0. The van der Waals surface area contributed by atoms with Gasteiger partial charge in [-0.25, -0.2) is 5.01 Å². The average molecular weight is 323 g/mol. The van der Waals surface area contributed by atoms with E-state index in [1.54, 1.807) is 0 Å². The quantitative estimate of drug-likeness (QED) is 0.871. The number of hydrogen-bond acceptors (Lipinski definition) is 6. The average Bonchev–Trinajstić information content (AvgIpc) is 3.04. The molecule has 1 saturated heterocycles. The second-order valence-electron chi connectivity index (χ2n) is 6.08. The van der Waals surface area contributed by atoms with Crippen LogP contribution in [0.15, 0.2) is 59.0 Å². The van der Waals surface area contributed by atoms with Gasteiger partial charge in [0, 0.05) is 24.8 Å². The van der Waals surface area contributed by atoms with E-state index < -0.39 is 0 Å². The Balaban J connectivity index is 1.71. The molecule has 2 atom stereocenters. The first-order valence-corrected chi connectivity index (χ1v) is 8.37. The summed E-state index contributed by atoms with van der Waals surface area (Å²) in [7, 11) is 0. The minimum absolute atomic E-state index is 0.124. The fourth-order valence-electron chi connectivity index (χ4n) is 3.36. The molecule has 0 amide bonds. The second kappa shape index (κ2) is 6.67. The Bertz CT molecular complexity index is 714. The molecule has 1 aromatic carbocycles. The van der Waals surface area contributed by atoms with Gasteiger partial charge in [0.05, 0.1) is 24.6 Å². The third kappa shape index (κ3) is 2.79. The zero-order chi connectivity index (χ0) is 16.4. The molecule has 0 spiro atoms. The first-order valence-electron chi connectivity index (χ1n) is 8.37. The van der Waals surface area contributed by atoms with E-state index in [1.807, 2.05) is 41.5 Å². The first-order chi connectivity index (χ1) is 11.8. The fourth-order valence-corrected chi connectivity index (χ4v) is 3.36. The normalized spacial score (nSPS) is 24.5. The molecule has 3 heterocycles. The van der Waals surface area contributed by atoms with Crippen LogP contribution in [0.1, 0.15) is 6.92 Å². The zero-order valence-electron chi connectivity index (χ0n) is 13.7. The van der Waals surface area contributed by atoms with Gasteiger partial charge in [-0.2, -0.15) is 5.11 Å². The van der Waals surface area contributed by atoms with E-state index in [0.717, 1.165) is 43.2 Å². The van der Waals surface area contributed by atoms with Crippen molar-refractivity contribution in [3.05, 3.63) is 48.7 Å². The number of benzene rings is 1. The van der Waals surface area contributed by atoms with Gasteiger partial charge in [0.1, 0.15) is 12.2 Å². The summed E-state index contributed by atoms with van der Waals surface area (Å²) in [5.41, 5.74) is 3.06. The lowest BCUT2D eigenvalue weighted by Crippen LogP contribution is -2.53. The molecule has 124 valence electrons. The van der Waals surface area contributed by atoms with Crippen LogP contribution in [0.3, 0.4) is 0 Å². The molecular weight excluding hydrogens is 302 g/mol. The van der Waals surface area contributed by atoms with Crippen molar-refractivity contribution in [2.45, 2.75) is 19.1 Å². The van der Waals surface area contributed by atoms with E-state index in [9.17, 15) is 0 Å². The highest BCUT2D eigenvalue weighted by Gasteiger charge is 2.37. The molecule has 1 aromatic heterocycles. The van der Waals surface area contributed by atoms with Crippen LogP contribution in [-0.2, 0) is 4.74 Å². The van der Waals surface area contributed by atoms with E-state index in [1.165, 1.54) is 0 Å². The van der Waals surface area contributed by atoms with Gasteiger partial charge in [0.2, 0.25) is 0 Å². The zero-order valence-corrected chi connectivity index (χ0v) is 13.7. The van der Waals surface area contributed by atoms with Crippen molar-refractivity contribution in [3.63, 3.8) is 0 Å². The monoisotopic (exact) mass is 323 g/mol. The number of ether oxygens (including phenoxy) is 1. The van der Waals surface area contributed by atoms with Crippen LogP contribution in [0, 0.1) is 0 Å². The van der Waals surface area contributed by atoms with Crippen molar-refractivity contribution in [3.8, 4) is 11.3 Å². The maximum Gasteiger partial charge on any atom is 0.131 e. The molecule has 6 nitrogen and oxygen atoms in total. The summed E-state index contributed by atoms with van der Waals surface area (Å²) in [6.07, 6.45) is 1.94. The van der Waals surface area contributed by atoms with E-state index in [2.05, 4.69) is 39.3 Å². The van der Waals surface area contributed by atoms with E-state index in [4.69, 9.17) is 4.74 Å². The molecule has 0 aliphatic carbocycles. The van der Waals surface area contributed by atoms with Gasteiger partial charge in [-0.05, 0) is 25.1 Å². The predicted octanol–water partition coefficient (Wildman–Crippen LogP) is 2.98. The summed E-state index contributed by atoms with van der Waals surface area (Å²) in [6.45, 7) is 5.45. The lowest BCUT2D eigenvalue weighted by Gasteiger charge is -2.37. The molecule has 2 aromatic rings. The number of rotatable bonds is 3. The minimum atomic E-state index is 0.124. The lowest BCUT2D eigenvalue weighted by atomic mass is 10.1. The van der Waals surface area contributed by atoms with Gasteiger partial charge in [0.25, 0.3) is 0 Å². The minimum Gasteiger partial charge on any atom is -0.379 e. The molecule has 0 unspecified atom stereocenters. The molecule has 0 bridgehead atoms. The molecule has 0 saturated carbocycles. The number of morpholine rings is 1. The molecular formula is C18H21N5O. The fraction of sp³-hybridized carbons (Fsp3) is 0.389. The molecule has 2 aliphatic heterocycles. The largest absolute Gasteiger partial charge is 0.379 e. The Kier molecular flexibility index (Phi) is 4.23. The van der Waals surface area contributed by atoms with Gasteiger partial charge < -0.3 is 4.74 Å². The molecule has 0 N–H and O–H groups in total. The van der Waals surface area contributed by atoms with Crippen LogP contribution in [0.5, 0.6) is 0 Å². The van der Waals surface area contributed by atoms with E-state index >= 15 is 0 Å². The summed E-state index contributed by atoms with van der Waals surface area (Å²) in [4.78, 5) is 6.91. The molecule has 0 radical (unpaired) electrons. The number of anilines is 1. The van der Waals surface area contributed by atoms with Crippen LogP contribution in [0.2, 0.25) is 0 Å². The summed E-state index contributed by atoms with van der Waals surface area (Å²) >= 11 is 0. The van der Waals surface area contributed by atoms with Crippen molar-refractivity contribution in [1.29, 1.82) is 0 Å². The molecule has 1 fully saturated rings. The summed E-state index contributed by atoms with van der Waals surface area (Å²) in [6, 6.07) is 14.3. The van der Waals surface area contributed by atoms with Gasteiger partial charge in [-0.1, -0.05) is 29.5 Å². The van der Waals surface area contributed by atoms with E-state index in [0.29, 0.717) is 0 Å². The number of pyridine rings is 1. The van der Waals surface area contributed by atoms with Crippen LogP contribution in [0.4, 0.5) is 5.69 Å². The highest BCUT2D eigenvalue weighted by atomic mass is 16.5. The van der Waals surface area contributed by atoms with Crippen molar-refractivity contribution in [2.75, 3.05) is 31.3 Å². The highest BCUT2D eigenvalue weighted by molar-refractivity contribution is 5.76. The molecule has 24 heavy (non-hydrogen) atoms. The topological polar surface area (TPSA) is 53.3 Å². The molecule has 2 aliphatic rings. The maximum absolute atomic E-state index is 5.50. The smallest absolute Gasteiger partial charge is 0.131 e. The number of nitrogens with zero attached hydrogens (tertiary/aromatic N) is 5. The van der Waals surface area contributed by atoms with Gasteiger partial charge >= 0.3 is 0 Å². The van der Waals surface area contributed by atoms with Crippen LogP contribution in [-0.4, -0.2) is 48.4 Å². The Morgan fingerprint density at radius 1 is 1.04 bits per heavy atom. The predicted molar refractivity (Wildman–Crippen MR) is 92.7 cm³/mol. The second-order valence-corrected chi connectivity index (χ2v) is 6.08. The lowest BCUT2D eigenvalue weighted by molar-refractivity contribution is 0.0153. The number of aromatic nitrogens is 1. The Morgan fingerprint density at radius 2 is 1.83 bits per heavy atom. The van der Waals surface area contributed by atoms with Crippen molar-refractivity contribution < 1.29 is 4.74 Å². The van der Waals surface area contributed by atoms with Crippen molar-refractivity contribution >= 4 is 5.69 Å². The third-order valence-corrected chi connectivity index (χ3v) is 4.52. The van der Waals surface area contributed by atoms with Crippen LogP contribution in [0.25, 0.3) is 11.3 Å². The SMILES string of the molecule is C[C@@H]1N=NN(c2ccccc2-c2ccccn2)[C@H]1N1CCOCC1. The van der Waals surface area contributed by atoms with Gasteiger partial charge in [0.15, 0.2) is 0 Å². The van der Waals surface area contributed by atoms with Crippen LogP contribution >= 0.6 is 0 Å².